The number of nitrogens with zero attached hydrogens (tertiary/aromatic N) is 1. The first-order chi connectivity index (χ1) is 11.1. The molecule has 120 valence electrons. The molecule has 0 fully saturated rings. The van der Waals surface area contributed by atoms with E-state index in [4.69, 9.17) is 4.52 Å². The molecule has 4 nitrogen and oxygen atoms in total. The molecule has 0 aliphatic rings. The molecule has 3 heterocycles. The molecule has 0 saturated heterocycles. The lowest BCUT2D eigenvalue weighted by atomic mass is 10.1. The Morgan fingerprint density at radius 3 is 2.83 bits per heavy atom. The van der Waals surface area contributed by atoms with Gasteiger partial charge in [0, 0.05) is 16.9 Å². The van der Waals surface area contributed by atoms with Gasteiger partial charge in [-0.2, -0.15) is 11.3 Å². The normalized spacial score (nSPS) is 12.3. The lowest BCUT2D eigenvalue weighted by molar-refractivity contribution is -0.121. The molecule has 0 radical (unpaired) electrons. The molecule has 0 unspecified atom stereocenters. The zero-order chi connectivity index (χ0) is 16.2. The molecule has 23 heavy (non-hydrogen) atoms. The van der Waals surface area contributed by atoms with Gasteiger partial charge in [0.05, 0.1) is 11.7 Å². The molecule has 3 aromatic heterocycles. The summed E-state index contributed by atoms with van der Waals surface area (Å²) < 4.78 is 5.15. The van der Waals surface area contributed by atoms with Crippen LogP contribution in [0.2, 0.25) is 0 Å². The number of carbonyl (C=O) groups is 1. The number of rotatable bonds is 6. The fourth-order valence-electron chi connectivity index (χ4n) is 2.54. The molecule has 0 aromatic carbocycles. The van der Waals surface area contributed by atoms with Gasteiger partial charge in [-0.3, -0.25) is 4.79 Å². The first-order valence-electron chi connectivity index (χ1n) is 7.41. The smallest absolute Gasteiger partial charge is 0.221 e. The second-order valence-electron chi connectivity index (χ2n) is 5.38. The van der Waals surface area contributed by atoms with E-state index in [2.05, 4.69) is 28.0 Å². The van der Waals surface area contributed by atoms with Gasteiger partial charge in [-0.1, -0.05) is 11.2 Å². The summed E-state index contributed by atoms with van der Waals surface area (Å²) in [5.74, 6) is 0.831. The molecule has 1 amide bonds. The summed E-state index contributed by atoms with van der Waals surface area (Å²) in [7, 11) is 0. The summed E-state index contributed by atoms with van der Waals surface area (Å²) in [5.41, 5.74) is 3.02. The Balaban J connectivity index is 1.67. The van der Waals surface area contributed by atoms with E-state index in [1.807, 2.05) is 30.7 Å². The number of nitrogens with one attached hydrogen (secondary N) is 1. The predicted octanol–water partition coefficient (Wildman–Crippen LogP) is 4.25. The lowest BCUT2D eigenvalue weighted by Crippen LogP contribution is -2.28. The molecule has 3 aromatic rings. The van der Waals surface area contributed by atoms with E-state index < -0.39 is 0 Å². The second kappa shape index (κ2) is 7.10. The number of carbonyl (C=O) groups excluding carboxylic acids is 1. The topological polar surface area (TPSA) is 55.1 Å². The van der Waals surface area contributed by atoms with E-state index in [0.717, 1.165) is 27.5 Å². The van der Waals surface area contributed by atoms with E-state index in [0.29, 0.717) is 12.8 Å². The van der Waals surface area contributed by atoms with Crippen molar-refractivity contribution in [1.82, 2.24) is 10.5 Å². The van der Waals surface area contributed by atoms with Crippen LogP contribution in [0.4, 0.5) is 0 Å². The Labute approximate surface area is 143 Å². The van der Waals surface area contributed by atoms with Gasteiger partial charge in [-0.15, -0.1) is 11.3 Å². The monoisotopic (exact) mass is 346 g/mol. The Bertz CT molecular complexity index is 707. The number of aromatic nitrogens is 1. The molecular weight excluding hydrogens is 328 g/mol. The van der Waals surface area contributed by atoms with Gasteiger partial charge < -0.3 is 9.84 Å². The first-order valence-corrected chi connectivity index (χ1v) is 9.24. The van der Waals surface area contributed by atoms with Gasteiger partial charge in [0.25, 0.3) is 0 Å². The minimum absolute atomic E-state index is 0.0367. The summed E-state index contributed by atoms with van der Waals surface area (Å²) in [4.78, 5) is 13.6. The SMILES string of the molecule is Cc1noc(C)c1CCC(=O)N[C@H](c1ccsc1)c1cccs1. The summed E-state index contributed by atoms with van der Waals surface area (Å²) >= 11 is 3.30. The van der Waals surface area contributed by atoms with Crippen molar-refractivity contribution < 1.29 is 9.32 Å². The van der Waals surface area contributed by atoms with E-state index in [-0.39, 0.29) is 11.9 Å². The Kier molecular flexibility index (Phi) is 4.93. The largest absolute Gasteiger partial charge is 0.361 e. The molecule has 0 bridgehead atoms. The first kappa shape index (κ1) is 16.0. The van der Waals surface area contributed by atoms with Crippen molar-refractivity contribution in [3.05, 3.63) is 61.8 Å². The molecule has 6 heteroatoms. The van der Waals surface area contributed by atoms with Gasteiger partial charge in [-0.25, -0.2) is 0 Å². The van der Waals surface area contributed by atoms with Crippen molar-refractivity contribution in [2.45, 2.75) is 32.7 Å². The third-order valence-electron chi connectivity index (χ3n) is 3.79. The minimum Gasteiger partial charge on any atom is -0.361 e. The van der Waals surface area contributed by atoms with E-state index >= 15 is 0 Å². The fraction of sp³-hybridized carbons (Fsp3) is 0.294. The molecule has 0 aliphatic carbocycles. The number of thiophene rings is 2. The molecule has 0 spiro atoms. The number of aryl methyl sites for hydroxylation is 2. The van der Waals surface area contributed by atoms with Crippen LogP contribution in [-0.4, -0.2) is 11.1 Å². The maximum absolute atomic E-state index is 12.4. The average Bonchev–Trinajstić information content (AvgIpc) is 3.27. The molecule has 0 saturated carbocycles. The van der Waals surface area contributed by atoms with Crippen LogP contribution in [0, 0.1) is 13.8 Å². The van der Waals surface area contributed by atoms with Crippen molar-refractivity contribution in [3.8, 4) is 0 Å². The van der Waals surface area contributed by atoms with E-state index in [9.17, 15) is 4.79 Å². The van der Waals surface area contributed by atoms with Gasteiger partial charge in [0.15, 0.2) is 0 Å². The Morgan fingerprint density at radius 2 is 2.22 bits per heavy atom. The van der Waals surface area contributed by atoms with Crippen LogP contribution in [0.5, 0.6) is 0 Å². The molecular formula is C17H18N2O2S2. The van der Waals surface area contributed by atoms with Gasteiger partial charge in [0.2, 0.25) is 5.91 Å². The second-order valence-corrected chi connectivity index (χ2v) is 7.13. The van der Waals surface area contributed by atoms with Crippen LogP contribution >= 0.6 is 22.7 Å². The summed E-state index contributed by atoms with van der Waals surface area (Å²) in [6.07, 6.45) is 1.07. The predicted molar refractivity (Wildman–Crippen MR) is 92.9 cm³/mol. The van der Waals surface area contributed by atoms with Crippen molar-refractivity contribution >= 4 is 28.6 Å². The lowest BCUT2D eigenvalue weighted by Gasteiger charge is -2.16. The van der Waals surface area contributed by atoms with Crippen molar-refractivity contribution in [1.29, 1.82) is 0 Å². The summed E-state index contributed by atoms with van der Waals surface area (Å²) in [5, 5.41) is 13.2. The zero-order valence-electron chi connectivity index (χ0n) is 13.0. The maximum Gasteiger partial charge on any atom is 0.221 e. The van der Waals surface area contributed by atoms with Crippen LogP contribution in [0.1, 0.15) is 39.9 Å². The minimum atomic E-state index is -0.0709. The van der Waals surface area contributed by atoms with Crippen LogP contribution in [0.3, 0.4) is 0 Å². The third-order valence-corrected chi connectivity index (χ3v) is 5.43. The molecule has 0 aliphatic heterocycles. The quantitative estimate of drug-likeness (QED) is 0.726. The fourth-order valence-corrected chi connectivity index (χ4v) is 4.03. The van der Waals surface area contributed by atoms with Crippen LogP contribution in [0.15, 0.2) is 38.9 Å². The van der Waals surface area contributed by atoms with E-state index in [1.165, 1.54) is 0 Å². The Hall–Kier alpha value is -1.92. The third kappa shape index (κ3) is 3.71. The molecule has 1 N–H and O–H groups in total. The number of amides is 1. The highest BCUT2D eigenvalue weighted by molar-refractivity contribution is 7.10. The Morgan fingerprint density at radius 1 is 1.35 bits per heavy atom. The molecule has 3 rings (SSSR count). The van der Waals surface area contributed by atoms with E-state index in [1.54, 1.807) is 22.7 Å². The summed E-state index contributed by atoms with van der Waals surface area (Å²) in [6.45, 7) is 3.79. The average molecular weight is 346 g/mol. The summed E-state index contributed by atoms with van der Waals surface area (Å²) in [6, 6.07) is 6.05. The van der Waals surface area contributed by atoms with Crippen molar-refractivity contribution in [2.75, 3.05) is 0 Å². The standard InChI is InChI=1S/C17H18N2O2S2/c1-11-14(12(2)21-19-11)5-6-16(20)18-17(13-7-9-22-10-13)15-4-3-8-23-15/h3-4,7-10,17H,5-6H2,1-2H3,(H,18,20)/t17-/m1/s1. The van der Waals surface area contributed by atoms with Crippen LogP contribution < -0.4 is 5.32 Å². The zero-order valence-corrected chi connectivity index (χ0v) is 14.7. The highest BCUT2D eigenvalue weighted by Gasteiger charge is 2.19. The van der Waals surface area contributed by atoms with Crippen molar-refractivity contribution in [2.24, 2.45) is 0 Å². The van der Waals surface area contributed by atoms with Crippen molar-refractivity contribution in [3.63, 3.8) is 0 Å². The number of hydrogen-bond donors (Lipinski definition) is 1. The van der Waals surface area contributed by atoms with Gasteiger partial charge in [0.1, 0.15) is 5.76 Å². The van der Waals surface area contributed by atoms with Gasteiger partial charge in [-0.05, 0) is 54.1 Å². The highest BCUT2D eigenvalue weighted by Crippen LogP contribution is 2.27. The van der Waals surface area contributed by atoms with Gasteiger partial charge >= 0.3 is 0 Å². The highest BCUT2D eigenvalue weighted by atomic mass is 32.1. The maximum atomic E-state index is 12.4. The van der Waals surface area contributed by atoms with Crippen LogP contribution in [0.25, 0.3) is 0 Å². The number of hydrogen-bond acceptors (Lipinski definition) is 5. The molecule has 1 atom stereocenters. The van der Waals surface area contributed by atoms with Crippen LogP contribution in [-0.2, 0) is 11.2 Å².